The largest absolute Gasteiger partial charge is 0.488 e. The molecule has 2 aliphatic heterocycles. The molecule has 0 bridgehead atoms. The van der Waals surface area contributed by atoms with E-state index in [0.717, 1.165) is 24.1 Å². The number of piperidine rings is 1. The predicted molar refractivity (Wildman–Crippen MR) is 143 cm³/mol. The van der Waals surface area contributed by atoms with E-state index >= 15 is 0 Å². The van der Waals surface area contributed by atoms with Crippen molar-refractivity contribution in [1.82, 2.24) is 4.90 Å². The molecule has 0 spiro atoms. The Hall–Kier alpha value is -3.37. The summed E-state index contributed by atoms with van der Waals surface area (Å²) < 4.78 is 51.9. The van der Waals surface area contributed by atoms with Gasteiger partial charge in [-0.05, 0) is 61.2 Å². The zero-order valence-corrected chi connectivity index (χ0v) is 22.3. The van der Waals surface area contributed by atoms with Gasteiger partial charge in [0.05, 0.1) is 13.7 Å². The van der Waals surface area contributed by atoms with Gasteiger partial charge in [0.25, 0.3) is 0 Å². The highest BCUT2D eigenvalue weighted by Gasteiger charge is 2.37. The van der Waals surface area contributed by atoms with Crippen LogP contribution in [0.1, 0.15) is 34.6 Å². The Morgan fingerprint density at radius 3 is 2.59 bits per heavy atom. The quantitative estimate of drug-likeness (QED) is 0.337. The first-order valence-electron chi connectivity index (χ1n) is 12.9. The van der Waals surface area contributed by atoms with E-state index in [1.165, 1.54) is 7.11 Å². The van der Waals surface area contributed by atoms with Crippen molar-refractivity contribution in [2.75, 3.05) is 31.6 Å². The van der Waals surface area contributed by atoms with E-state index in [4.69, 9.17) is 9.47 Å². The van der Waals surface area contributed by atoms with Gasteiger partial charge in [-0.3, -0.25) is 14.5 Å². The summed E-state index contributed by atoms with van der Waals surface area (Å²) in [6, 6.07) is 15.1. The number of alkyl halides is 3. The fourth-order valence-corrected chi connectivity index (χ4v) is 6.24. The first-order chi connectivity index (χ1) is 18.7. The van der Waals surface area contributed by atoms with Crippen molar-refractivity contribution in [3.8, 4) is 16.9 Å². The van der Waals surface area contributed by atoms with Crippen molar-refractivity contribution in [3.63, 3.8) is 0 Å². The third-order valence-electron chi connectivity index (χ3n) is 7.18. The molecule has 6 nitrogen and oxygen atoms in total. The molecular formula is C29H29F3N2O4S. The number of hydrogen-bond acceptors (Lipinski definition) is 6. The van der Waals surface area contributed by atoms with Crippen molar-refractivity contribution >= 4 is 28.9 Å². The van der Waals surface area contributed by atoms with Crippen LogP contribution in [0.2, 0.25) is 0 Å². The lowest BCUT2D eigenvalue weighted by atomic mass is 10.0. The maximum atomic E-state index is 13.7. The molecule has 39 heavy (non-hydrogen) atoms. The number of carbonyl (C=O) groups is 2. The average molecular weight is 559 g/mol. The van der Waals surface area contributed by atoms with Crippen LogP contribution in [-0.2, 0) is 33.5 Å². The van der Waals surface area contributed by atoms with Crippen molar-refractivity contribution in [2.24, 2.45) is 0 Å². The molecule has 5 rings (SSSR count). The highest BCUT2D eigenvalue weighted by Crippen LogP contribution is 2.43. The summed E-state index contributed by atoms with van der Waals surface area (Å²) >= 11 is 0.690. The molecule has 1 atom stereocenters. The Kier molecular flexibility index (Phi) is 7.95. The average Bonchev–Trinajstić information content (AvgIpc) is 3.57. The monoisotopic (exact) mass is 558 g/mol. The number of amides is 1. The lowest BCUT2D eigenvalue weighted by Gasteiger charge is -2.34. The number of esters is 1. The van der Waals surface area contributed by atoms with Crippen LogP contribution >= 0.6 is 11.3 Å². The number of halogens is 3. The van der Waals surface area contributed by atoms with Gasteiger partial charge in [-0.25, -0.2) is 0 Å². The van der Waals surface area contributed by atoms with Gasteiger partial charge in [-0.1, -0.05) is 36.8 Å². The van der Waals surface area contributed by atoms with Gasteiger partial charge < -0.3 is 14.4 Å². The predicted octanol–water partition coefficient (Wildman–Crippen LogP) is 5.93. The first kappa shape index (κ1) is 27.2. The number of thiophene rings is 1. The number of fused-ring (bicyclic) bond motifs is 1. The van der Waals surface area contributed by atoms with E-state index in [-0.39, 0.29) is 30.6 Å². The van der Waals surface area contributed by atoms with Crippen molar-refractivity contribution in [3.05, 3.63) is 69.9 Å². The lowest BCUT2D eigenvalue weighted by molar-refractivity contribution is -0.148. The minimum absolute atomic E-state index is 0.00584. The summed E-state index contributed by atoms with van der Waals surface area (Å²) in [6.07, 6.45) is -1.27. The Bertz CT molecular complexity index is 1340. The highest BCUT2D eigenvalue weighted by molar-refractivity contribution is 7.12. The number of nitrogens with zero attached hydrogens (tertiary/aromatic N) is 2. The first-order valence-corrected chi connectivity index (χ1v) is 13.7. The van der Waals surface area contributed by atoms with Gasteiger partial charge in [-0.15, -0.1) is 11.3 Å². The summed E-state index contributed by atoms with van der Waals surface area (Å²) in [5, 5.41) is 0. The summed E-state index contributed by atoms with van der Waals surface area (Å²) in [6.45, 7) is 1.34. The van der Waals surface area contributed by atoms with Crippen LogP contribution in [0.4, 0.5) is 18.9 Å². The number of anilines is 1. The number of hydrogen-bond donors (Lipinski definition) is 0. The minimum atomic E-state index is -4.46. The molecule has 1 aromatic heterocycles. The molecule has 10 heteroatoms. The second-order valence-electron chi connectivity index (χ2n) is 9.70. The summed E-state index contributed by atoms with van der Waals surface area (Å²) in [5.41, 5.74) is 2.40. The smallest absolute Gasteiger partial charge is 0.426 e. The third kappa shape index (κ3) is 5.96. The molecule has 1 amide bonds. The second kappa shape index (κ2) is 11.4. The lowest BCUT2D eigenvalue weighted by Crippen LogP contribution is -2.50. The van der Waals surface area contributed by atoms with Crippen molar-refractivity contribution in [1.29, 1.82) is 0 Å². The van der Waals surface area contributed by atoms with E-state index in [2.05, 4.69) is 0 Å². The standard InChI is InChI=1S/C29H29F3N2O4S/c1-37-28(36)25-9-5-6-13-33(25)17-26(35)34-14-12-20-15-21(10-11-24(20)34)38-18-22-16-23(19-7-3-2-4-8-19)27(39-22)29(30,31)32/h2-4,7-8,10-11,15-16,25H,5-6,9,12-14,17-18H2,1H3. The van der Waals surface area contributed by atoms with E-state index in [0.29, 0.717) is 53.5 Å². The van der Waals surface area contributed by atoms with E-state index in [9.17, 15) is 22.8 Å². The fourth-order valence-electron chi connectivity index (χ4n) is 5.28. The molecule has 0 radical (unpaired) electrons. The molecule has 0 N–H and O–H groups in total. The summed E-state index contributed by atoms with van der Waals surface area (Å²) in [7, 11) is 1.36. The fraction of sp³-hybridized carbons (Fsp3) is 0.379. The Labute approximate surface area is 228 Å². The maximum absolute atomic E-state index is 13.7. The molecule has 1 unspecified atom stereocenters. The van der Waals surface area contributed by atoms with Crippen LogP contribution in [0.25, 0.3) is 11.1 Å². The summed E-state index contributed by atoms with van der Waals surface area (Å²) in [4.78, 5) is 28.8. The SMILES string of the molecule is COC(=O)C1CCCCN1CC(=O)N1CCc2cc(OCc3cc(-c4ccccc4)c(C(F)(F)F)s3)ccc21. The number of rotatable bonds is 7. The van der Waals surface area contributed by atoms with Crippen LogP contribution < -0.4 is 9.64 Å². The third-order valence-corrected chi connectivity index (χ3v) is 8.33. The van der Waals surface area contributed by atoms with Gasteiger partial charge in [0.2, 0.25) is 5.91 Å². The zero-order chi connectivity index (χ0) is 27.6. The van der Waals surface area contributed by atoms with Crippen molar-refractivity contribution in [2.45, 2.75) is 44.5 Å². The number of benzene rings is 2. The van der Waals surface area contributed by atoms with Crippen molar-refractivity contribution < 1.29 is 32.2 Å². The number of likely N-dealkylation sites (tertiary alicyclic amines) is 1. The number of carbonyl (C=O) groups excluding carboxylic acids is 2. The summed E-state index contributed by atoms with van der Waals surface area (Å²) in [5.74, 6) is 0.146. The number of ether oxygens (including phenoxy) is 2. The molecule has 206 valence electrons. The zero-order valence-electron chi connectivity index (χ0n) is 21.5. The molecule has 0 aliphatic carbocycles. The minimum Gasteiger partial charge on any atom is -0.488 e. The molecule has 3 aromatic rings. The van der Waals surface area contributed by atoms with E-state index < -0.39 is 17.1 Å². The molecule has 2 aromatic carbocycles. The molecule has 1 fully saturated rings. The van der Waals surface area contributed by atoms with E-state index in [1.807, 2.05) is 17.0 Å². The van der Waals surface area contributed by atoms with Crippen LogP contribution in [0, 0.1) is 0 Å². The maximum Gasteiger partial charge on any atom is 0.426 e. The van der Waals surface area contributed by atoms with Gasteiger partial charge >= 0.3 is 12.1 Å². The topological polar surface area (TPSA) is 59.1 Å². The van der Waals surface area contributed by atoms with Crippen LogP contribution in [0.15, 0.2) is 54.6 Å². The van der Waals surface area contributed by atoms with Crippen LogP contribution in [-0.4, -0.2) is 49.6 Å². The van der Waals surface area contributed by atoms with E-state index in [1.54, 1.807) is 47.4 Å². The number of methoxy groups -OCH3 is 1. The van der Waals surface area contributed by atoms with Gasteiger partial charge in [0.1, 0.15) is 23.3 Å². The molecule has 3 heterocycles. The molecule has 0 saturated carbocycles. The molecular weight excluding hydrogens is 529 g/mol. The molecule has 1 saturated heterocycles. The van der Waals surface area contributed by atoms with Crippen LogP contribution in [0.3, 0.4) is 0 Å². The molecule has 2 aliphatic rings. The second-order valence-corrected chi connectivity index (χ2v) is 10.8. The Morgan fingerprint density at radius 2 is 1.85 bits per heavy atom. The van der Waals surface area contributed by atoms with Crippen LogP contribution in [0.5, 0.6) is 5.75 Å². The van der Waals surface area contributed by atoms with Gasteiger partial charge in [0.15, 0.2) is 0 Å². The van der Waals surface area contributed by atoms with Gasteiger partial charge in [0, 0.05) is 22.7 Å². The highest BCUT2D eigenvalue weighted by atomic mass is 32.1. The Balaban J connectivity index is 1.26. The normalized spacial score (nSPS) is 17.6. The van der Waals surface area contributed by atoms with Gasteiger partial charge in [-0.2, -0.15) is 13.2 Å². The Morgan fingerprint density at radius 1 is 1.05 bits per heavy atom.